The van der Waals surface area contributed by atoms with Gasteiger partial charge in [0.25, 0.3) is 0 Å². The Balaban J connectivity index is 1.34. The molecule has 0 saturated carbocycles. The van der Waals surface area contributed by atoms with E-state index < -0.39 is 129 Å². The number of hydrogen-bond acceptors (Lipinski definition) is 30. The van der Waals surface area contributed by atoms with Crippen LogP contribution in [0.4, 0.5) is 0 Å². The van der Waals surface area contributed by atoms with Crippen LogP contribution in [0.5, 0.6) is 0 Å². The lowest BCUT2D eigenvalue weighted by molar-refractivity contribution is -0.272. The molecule has 3 fully saturated rings. The molecule has 0 aromatic rings. The Morgan fingerprint density at radius 2 is 0.701 bits per heavy atom. The lowest BCUT2D eigenvalue weighted by atomic mass is 9.67. The number of rotatable bonds is 57. The SMILES string of the molecule is C=C(CCC(CCC(=O)CCCOCCOCCOCCOC1OC(CO)C(O)C(O)C1NC(C)=O)(CCC(=O)NCCOCCOCCOCCOC1OC(CO)C(O)C(O)C1NC(C)=O)C(C)C)NCCOCCOCCOCCOC1OC(CO)C(O)C(O)C1NC(C)=O. The number of aliphatic hydroxyl groups is 9. The molecule has 16 unspecified atom stereocenters. The highest BCUT2D eigenvalue weighted by atomic mass is 16.7. The van der Waals surface area contributed by atoms with Crippen molar-refractivity contribution in [1.29, 1.82) is 0 Å². The predicted octanol–water partition coefficient (Wildman–Crippen LogP) is -4.43. The van der Waals surface area contributed by atoms with Crippen molar-refractivity contribution in [3.05, 3.63) is 12.3 Å². The van der Waals surface area contributed by atoms with E-state index in [1.54, 1.807) is 0 Å². The fraction of sp³-hybridized carbons (Fsp3) is 0.889. The average Bonchev–Trinajstić information content (AvgIpc) is 0.860. The number of amides is 4. The van der Waals surface area contributed by atoms with Crippen molar-refractivity contribution in [1.82, 2.24) is 26.6 Å². The maximum Gasteiger partial charge on any atom is 0.220 e. The Bertz CT molecular complexity index is 1930. The van der Waals surface area contributed by atoms with E-state index in [2.05, 4.69) is 47.0 Å². The molecule has 0 spiro atoms. The number of ether oxygens (including phenoxy) is 15. The molecule has 0 bridgehead atoms. The second-order valence-corrected chi connectivity index (χ2v) is 24.0. The third-order valence-corrected chi connectivity index (χ3v) is 16.3. The molecule has 34 nitrogen and oxygen atoms in total. The van der Waals surface area contributed by atoms with Crippen LogP contribution in [0.2, 0.25) is 0 Å². The molecule has 566 valence electrons. The Hall–Kier alpha value is -3.87. The molecule has 16 atom stereocenters. The maximum absolute atomic E-state index is 13.4. The highest BCUT2D eigenvalue weighted by Gasteiger charge is 2.48. The molecule has 0 aliphatic carbocycles. The first-order chi connectivity index (χ1) is 46.6. The third kappa shape index (κ3) is 35.0. The molecule has 34 heteroatoms. The van der Waals surface area contributed by atoms with E-state index in [-0.39, 0.29) is 135 Å². The minimum absolute atomic E-state index is 0.0303. The number of allylic oxidation sites excluding steroid dienone is 1. The monoisotopic (exact) mass is 1410 g/mol. The van der Waals surface area contributed by atoms with Gasteiger partial charge >= 0.3 is 0 Å². The first kappa shape index (κ1) is 87.3. The van der Waals surface area contributed by atoms with Gasteiger partial charge in [-0.25, -0.2) is 0 Å². The van der Waals surface area contributed by atoms with Crippen molar-refractivity contribution < 1.29 is 141 Å². The summed E-state index contributed by atoms with van der Waals surface area (Å²) >= 11 is 0. The summed E-state index contributed by atoms with van der Waals surface area (Å²) in [6, 6.07) is -3.15. The molecule has 0 aromatic heterocycles. The van der Waals surface area contributed by atoms with Crippen molar-refractivity contribution in [2.45, 2.75) is 178 Å². The molecule has 97 heavy (non-hydrogen) atoms. The van der Waals surface area contributed by atoms with Crippen LogP contribution in [0.3, 0.4) is 0 Å². The first-order valence-electron chi connectivity index (χ1n) is 33.5. The summed E-state index contributed by atoms with van der Waals surface area (Å²) in [5.41, 5.74) is 0.411. The van der Waals surface area contributed by atoms with E-state index in [1.807, 2.05) is 0 Å². The summed E-state index contributed by atoms with van der Waals surface area (Å²) in [7, 11) is 0. The zero-order valence-electron chi connectivity index (χ0n) is 57.2. The summed E-state index contributed by atoms with van der Waals surface area (Å²) in [4.78, 5) is 61.6. The van der Waals surface area contributed by atoms with Gasteiger partial charge in [0.15, 0.2) is 18.9 Å². The Morgan fingerprint density at radius 1 is 0.402 bits per heavy atom. The number of aliphatic hydroxyl groups excluding tert-OH is 9. The minimum Gasteiger partial charge on any atom is -0.394 e. The van der Waals surface area contributed by atoms with Gasteiger partial charge in [0.2, 0.25) is 23.6 Å². The fourth-order valence-corrected chi connectivity index (χ4v) is 10.8. The van der Waals surface area contributed by atoms with E-state index in [4.69, 9.17) is 71.1 Å². The highest BCUT2D eigenvalue weighted by Crippen LogP contribution is 2.43. The van der Waals surface area contributed by atoms with Crippen LogP contribution >= 0.6 is 0 Å². The third-order valence-electron chi connectivity index (χ3n) is 16.3. The summed E-state index contributed by atoms with van der Waals surface area (Å²) < 4.78 is 84.1. The van der Waals surface area contributed by atoms with Crippen LogP contribution in [0.1, 0.15) is 86.0 Å². The molecule has 3 aliphatic rings. The number of hydrogen-bond donors (Lipinski definition) is 14. The van der Waals surface area contributed by atoms with Crippen LogP contribution in [0.25, 0.3) is 0 Å². The first-order valence-corrected chi connectivity index (χ1v) is 33.5. The van der Waals surface area contributed by atoms with Crippen LogP contribution in [-0.4, -0.2) is 339 Å². The van der Waals surface area contributed by atoms with Gasteiger partial charge in [0.05, 0.1) is 152 Å². The van der Waals surface area contributed by atoms with E-state index in [1.165, 1.54) is 20.8 Å². The molecule has 3 heterocycles. The largest absolute Gasteiger partial charge is 0.394 e. The molecule has 4 amide bonds. The van der Waals surface area contributed by atoms with Gasteiger partial charge in [-0.1, -0.05) is 20.4 Å². The zero-order chi connectivity index (χ0) is 71.4. The van der Waals surface area contributed by atoms with Crippen LogP contribution in [0.15, 0.2) is 12.3 Å². The quantitative estimate of drug-likeness (QED) is 0.0256. The van der Waals surface area contributed by atoms with Crippen molar-refractivity contribution in [2.24, 2.45) is 11.3 Å². The van der Waals surface area contributed by atoms with Crippen LogP contribution < -0.4 is 26.6 Å². The van der Waals surface area contributed by atoms with Gasteiger partial charge in [-0.3, -0.25) is 24.0 Å². The number of nitrogens with one attached hydrogen (secondary N) is 5. The summed E-state index contributed by atoms with van der Waals surface area (Å²) in [5.74, 6) is -1.32. The number of carbonyl (C=O) groups is 5. The normalized spacial score (nSPS) is 26.5. The van der Waals surface area contributed by atoms with Crippen LogP contribution in [0, 0.1) is 11.3 Å². The highest BCUT2D eigenvalue weighted by molar-refractivity contribution is 5.78. The maximum atomic E-state index is 13.4. The van der Waals surface area contributed by atoms with Gasteiger partial charge in [0, 0.05) is 65.4 Å². The van der Waals surface area contributed by atoms with E-state index in [0.717, 1.165) is 5.70 Å². The Kier molecular flexibility index (Phi) is 46.2. The standard InChI is InChI=1S/C63H115N5O29/c1-41(2)63(12-9-42(3)64-15-18-84-21-24-87-27-30-90-33-36-93-61-52(67-44(5)73)58(81)55(78)48(39-70)96-61,13-10-46(75)8-7-17-83-20-23-86-26-29-89-32-35-92-60-51(66-43(4)72)57(80)54(77)47(38-69)95-60)14-11-50(76)65-16-19-85-22-25-88-28-31-91-34-37-94-62-53(68-45(6)74)59(82)56(79)49(40-71)97-62/h41,47-49,51-62,64,69-71,77-82H,3,7-40H2,1-2,4-6H3,(H,65,76)(H,66,72)(H,67,73)(H,68,74). The lowest BCUT2D eigenvalue weighted by Crippen LogP contribution is -2.64. The average molecular weight is 1410 g/mol. The molecular formula is C63H115N5O29. The second kappa shape index (κ2) is 51.3. The number of ketones is 1. The zero-order valence-corrected chi connectivity index (χ0v) is 57.2. The summed E-state index contributed by atoms with van der Waals surface area (Å²) in [5, 5.41) is 104. The molecule has 3 rings (SSSR count). The second-order valence-electron chi connectivity index (χ2n) is 24.0. The van der Waals surface area contributed by atoms with Gasteiger partial charge in [-0.05, 0) is 43.4 Å². The van der Waals surface area contributed by atoms with Gasteiger partial charge in [0.1, 0.15) is 78.8 Å². The lowest BCUT2D eigenvalue weighted by Gasteiger charge is -2.42. The smallest absolute Gasteiger partial charge is 0.220 e. The number of Topliss-reactive ketones (excluding diaryl/α,β-unsaturated/α-hetero) is 1. The molecule has 14 N–H and O–H groups in total. The van der Waals surface area contributed by atoms with E-state index in [9.17, 15) is 69.9 Å². The van der Waals surface area contributed by atoms with Crippen molar-refractivity contribution in [3.63, 3.8) is 0 Å². The molecule has 0 radical (unpaired) electrons. The van der Waals surface area contributed by atoms with Gasteiger partial charge < -0.3 is 144 Å². The van der Waals surface area contributed by atoms with Gasteiger partial charge in [-0.2, -0.15) is 0 Å². The Morgan fingerprint density at radius 3 is 1.03 bits per heavy atom. The molecular weight excluding hydrogens is 1290 g/mol. The topological polar surface area (TPSA) is 466 Å². The molecule has 0 aromatic carbocycles. The number of carbonyl (C=O) groups excluding carboxylic acids is 5. The van der Waals surface area contributed by atoms with Crippen molar-refractivity contribution in [3.8, 4) is 0 Å². The van der Waals surface area contributed by atoms with Gasteiger partial charge in [-0.15, -0.1) is 0 Å². The molecule has 3 saturated heterocycles. The van der Waals surface area contributed by atoms with E-state index >= 15 is 0 Å². The predicted molar refractivity (Wildman–Crippen MR) is 341 cm³/mol. The van der Waals surface area contributed by atoms with Crippen molar-refractivity contribution >= 4 is 29.4 Å². The molecule has 3 aliphatic heterocycles. The van der Waals surface area contributed by atoms with Crippen molar-refractivity contribution in [2.75, 3.05) is 172 Å². The fourth-order valence-electron chi connectivity index (χ4n) is 10.8. The van der Waals surface area contributed by atoms with Crippen LogP contribution in [-0.2, 0) is 95.0 Å². The van der Waals surface area contributed by atoms with E-state index in [0.29, 0.717) is 91.1 Å². The Labute approximate surface area is 568 Å². The summed E-state index contributed by atoms with van der Waals surface area (Å²) in [6.45, 7) is 16.2. The summed E-state index contributed by atoms with van der Waals surface area (Å²) in [6.07, 6.45) is -11.4. The minimum atomic E-state index is -1.42.